The van der Waals surface area contributed by atoms with Gasteiger partial charge in [0.05, 0.1) is 12.2 Å². The Labute approximate surface area is 180 Å². The first kappa shape index (κ1) is 18.3. The van der Waals surface area contributed by atoms with Crippen LogP contribution in [0.15, 0.2) is 54.7 Å². The number of rotatable bonds is 5. The maximum Gasteiger partial charge on any atom is 0.251 e. The van der Waals surface area contributed by atoms with Gasteiger partial charge in [0.15, 0.2) is 0 Å². The first-order chi connectivity index (χ1) is 15.1. The number of aromatic nitrogens is 1. The molecule has 3 aliphatic rings. The second-order valence-corrected chi connectivity index (χ2v) is 8.54. The van der Waals surface area contributed by atoms with E-state index in [4.69, 9.17) is 15.9 Å². The number of nitrogens with two attached hydrogens (primary N) is 1. The SMILES string of the molecule is N=C(N)c1ccc(CNC(=O)c2ccc3c(c2)C2OC3c3ccc(C4CC4)cc32)nc1. The summed E-state index contributed by atoms with van der Waals surface area (Å²) in [7, 11) is 0. The van der Waals surface area contributed by atoms with Crippen molar-refractivity contribution in [2.75, 3.05) is 0 Å². The van der Waals surface area contributed by atoms with Crippen LogP contribution in [-0.2, 0) is 11.3 Å². The number of hydrogen-bond acceptors (Lipinski definition) is 4. The molecule has 6 nitrogen and oxygen atoms in total. The van der Waals surface area contributed by atoms with Crippen molar-refractivity contribution >= 4 is 11.7 Å². The number of fused-ring (bicyclic) bond motifs is 8. The highest BCUT2D eigenvalue weighted by Gasteiger charge is 2.43. The molecule has 1 fully saturated rings. The summed E-state index contributed by atoms with van der Waals surface area (Å²) in [5.41, 5.74) is 13.5. The number of nitrogens with zero attached hydrogens (tertiary/aromatic N) is 1. The molecule has 4 N–H and O–H groups in total. The summed E-state index contributed by atoms with van der Waals surface area (Å²) in [5.74, 6) is 0.540. The molecule has 3 aromatic rings. The molecule has 1 aliphatic carbocycles. The summed E-state index contributed by atoms with van der Waals surface area (Å²) in [6.45, 7) is 0.310. The largest absolute Gasteiger partial charge is 0.384 e. The van der Waals surface area contributed by atoms with Crippen molar-refractivity contribution in [3.8, 4) is 0 Å². The zero-order chi connectivity index (χ0) is 21.1. The quantitative estimate of drug-likeness (QED) is 0.441. The third-order valence-corrected chi connectivity index (χ3v) is 6.48. The van der Waals surface area contributed by atoms with E-state index >= 15 is 0 Å². The van der Waals surface area contributed by atoms with Crippen LogP contribution in [0.2, 0.25) is 0 Å². The van der Waals surface area contributed by atoms with Crippen molar-refractivity contribution < 1.29 is 9.53 Å². The zero-order valence-corrected chi connectivity index (χ0v) is 16.9. The minimum Gasteiger partial charge on any atom is -0.384 e. The van der Waals surface area contributed by atoms with Crippen LogP contribution in [-0.4, -0.2) is 16.7 Å². The van der Waals surface area contributed by atoms with Crippen LogP contribution in [0, 0.1) is 5.41 Å². The van der Waals surface area contributed by atoms with Gasteiger partial charge in [-0.15, -0.1) is 0 Å². The van der Waals surface area contributed by atoms with E-state index in [1.165, 1.54) is 29.5 Å². The fourth-order valence-corrected chi connectivity index (χ4v) is 4.64. The average molecular weight is 410 g/mol. The van der Waals surface area contributed by atoms with Crippen LogP contribution >= 0.6 is 0 Å². The van der Waals surface area contributed by atoms with Crippen molar-refractivity contribution in [2.45, 2.75) is 37.5 Å². The Balaban J connectivity index is 1.20. The molecule has 2 atom stereocenters. The molecule has 3 heterocycles. The molecule has 1 aromatic heterocycles. The molecule has 154 valence electrons. The highest BCUT2D eigenvalue weighted by atomic mass is 16.5. The predicted molar refractivity (Wildman–Crippen MR) is 116 cm³/mol. The molecule has 0 spiro atoms. The van der Waals surface area contributed by atoms with E-state index in [0.717, 1.165) is 11.1 Å². The molecule has 6 heteroatoms. The standard InChI is InChI=1S/C25H22N4O2/c26-24(27)16-3-6-17(28-11-16)12-29-25(30)15-5-8-19-21(10-15)23-20-9-14(13-1-2-13)4-7-18(20)22(19)31-23/h3-11,13,22-23H,1-2,12H2,(H3,26,27)(H,29,30). The zero-order valence-electron chi connectivity index (χ0n) is 16.9. The number of ether oxygens (including phenoxy) is 1. The number of carbonyl (C=O) groups is 1. The molecule has 2 bridgehead atoms. The van der Waals surface area contributed by atoms with E-state index in [2.05, 4.69) is 28.5 Å². The van der Waals surface area contributed by atoms with E-state index < -0.39 is 0 Å². The summed E-state index contributed by atoms with van der Waals surface area (Å²) in [6, 6.07) is 16.1. The van der Waals surface area contributed by atoms with E-state index in [1.54, 1.807) is 18.3 Å². The summed E-state index contributed by atoms with van der Waals surface area (Å²) in [6.07, 6.45) is 3.99. The summed E-state index contributed by atoms with van der Waals surface area (Å²) in [4.78, 5) is 17.0. The normalized spacial score (nSPS) is 20.3. The van der Waals surface area contributed by atoms with Gasteiger partial charge in [0, 0.05) is 17.3 Å². The molecule has 1 amide bonds. The van der Waals surface area contributed by atoms with E-state index in [0.29, 0.717) is 29.3 Å². The van der Waals surface area contributed by atoms with Gasteiger partial charge in [0.2, 0.25) is 0 Å². The molecule has 6 rings (SSSR count). The van der Waals surface area contributed by atoms with Crippen molar-refractivity contribution in [3.63, 3.8) is 0 Å². The number of hydrogen-bond donors (Lipinski definition) is 3. The van der Waals surface area contributed by atoms with E-state index in [-0.39, 0.29) is 24.0 Å². The number of carbonyl (C=O) groups excluding carboxylic acids is 1. The molecular formula is C25H22N4O2. The Morgan fingerprint density at radius 1 is 1.00 bits per heavy atom. The van der Waals surface area contributed by atoms with Gasteiger partial charge in [0.1, 0.15) is 18.0 Å². The van der Waals surface area contributed by atoms with Crippen LogP contribution in [0.25, 0.3) is 0 Å². The van der Waals surface area contributed by atoms with Gasteiger partial charge < -0.3 is 15.8 Å². The Hall–Kier alpha value is -3.51. The lowest BCUT2D eigenvalue weighted by Gasteiger charge is -2.17. The van der Waals surface area contributed by atoms with Gasteiger partial charge in [-0.3, -0.25) is 15.2 Å². The van der Waals surface area contributed by atoms with Crippen LogP contribution in [0.3, 0.4) is 0 Å². The fourth-order valence-electron chi connectivity index (χ4n) is 4.64. The summed E-state index contributed by atoms with van der Waals surface area (Å²) < 4.78 is 6.29. The maximum atomic E-state index is 12.8. The first-order valence-electron chi connectivity index (χ1n) is 10.6. The molecule has 0 saturated heterocycles. The molecule has 2 aliphatic heterocycles. The maximum absolute atomic E-state index is 12.8. The summed E-state index contributed by atoms with van der Waals surface area (Å²) in [5, 5.41) is 10.3. The van der Waals surface area contributed by atoms with Crippen molar-refractivity contribution in [1.29, 1.82) is 5.41 Å². The lowest BCUT2D eigenvalue weighted by atomic mass is 9.84. The third-order valence-electron chi connectivity index (χ3n) is 6.48. The molecule has 2 unspecified atom stereocenters. The first-order valence-corrected chi connectivity index (χ1v) is 10.6. The van der Waals surface area contributed by atoms with Crippen LogP contribution in [0.5, 0.6) is 0 Å². The van der Waals surface area contributed by atoms with E-state index in [1.807, 2.05) is 18.2 Å². The number of benzene rings is 2. The van der Waals surface area contributed by atoms with Gasteiger partial charge in [0.25, 0.3) is 5.91 Å². The lowest BCUT2D eigenvalue weighted by molar-refractivity contribution is 0.0857. The van der Waals surface area contributed by atoms with Crippen molar-refractivity contribution in [1.82, 2.24) is 10.3 Å². The van der Waals surface area contributed by atoms with Crippen LogP contribution in [0.4, 0.5) is 0 Å². The monoisotopic (exact) mass is 410 g/mol. The smallest absolute Gasteiger partial charge is 0.251 e. The molecule has 0 radical (unpaired) electrons. The van der Waals surface area contributed by atoms with Gasteiger partial charge in [-0.2, -0.15) is 0 Å². The van der Waals surface area contributed by atoms with Crippen LogP contribution < -0.4 is 11.1 Å². The third kappa shape index (κ3) is 3.02. The van der Waals surface area contributed by atoms with Crippen molar-refractivity contribution in [2.24, 2.45) is 5.73 Å². The minimum atomic E-state index is -0.144. The van der Waals surface area contributed by atoms with Gasteiger partial charge in [-0.25, -0.2) is 0 Å². The number of nitrogens with one attached hydrogen (secondary N) is 2. The molecule has 31 heavy (non-hydrogen) atoms. The minimum absolute atomic E-state index is 0.0237. The second-order valence-electron chi connectivity index (χ2n) is 8.54. The molecule has 1 saturated carbocycles. The molecular weight excluding hydrogens is 388 g/mol. The van der Waals surface area contributed by atoms with Gasteiger partial charge >= 0.3 is 0 Å². The van der Waals surface area contributed by atoms with Gasteiger partial charge in [-0.05, 0) is 70.8 Å². The Morgan fingerprint density at radius 3 is 2.42 bits per heavy atom. The number of nitrogen functional groups attached to an aromatic ring is 1. The topological polar surface area (TPSA) is 101 Å². The number of amides is 1. The average Bonchev–Trinajstić information content (AvgIpc) is 3.50. The number of pyridine rings is 1. The molecule has 2 aromatic carbocycles. The van der Waals surface area contributed by atoms with Crippen molar-refractivity contribution in [3.05, 3.63) is 99.4 Å². The highest BCUT2D eigenvalue weighted by Crippen LogP contribution is 2.55. The Bertz CT molecular complexity index is 1230. The fraction of sp³-hybridized carbons (Fsp3) is 0.240. The van der Waals surface area contributed by atoms with E-state index in [9.17, 15) is 4.79 Å². The Kier molecular flexibility index (Phi) is 3.98. The number of amidine groups is 1. The second kappa shape index (κ2) is 6.75. The van der Waals surface area contributed by atoms with Crippen LogP contribution in [0.1, 0.15) is 80.4 Å². The highest BCUT2D eigenvalue weighted by molar-refractivity contribution is 5.95. The Morgan fingerprint density at radius 2 is 1.71 bits per heavy atom. The summed E-state index contributed by atoms with van der Waals surface area (Å²) >= 11 is 0. The predicted octanol–water partition coefficient (Wildman–Crippen LogP) is 3.70. The van der Waals surface area contributed by atoms with Gasteiger partial charge in [-0.1, -0.05) is 24.3 Å². The lowest BCUT2D eigenvalue weighted by Crippen LogP contribution is -2.24.